The van der Waals surface area contributed by atoms with Crippen LogP contribution in [0.5, 0.6) is 5.75 Å². The van der Waals surface area contributed by atoms with E-state index in [-0.39, 0.29) is 0 Å². The number of benzene rings is 2. The van der Waals surface area contributed by atoms with E-state index >= 15 is 0 Å². The van der Waals surface area contributed by atoms with Crippen LogP contribution in [-0.2, 0) is 13.6 Å². The van der Waals surface area contributed by atoms with E-state index < -0.39 is 7.60 Å². The molecule has 0 atom stereocenters. The summed E-state index contributed by atoms with van der Waals surface area (Å²) in [6, 6.07) is 14.0. The maximum atomic E-state index is 13.1. The van der Waals surface area contributed by atoms with Gasteiger partial charge in [-0.05, 0) is 42.5 Å². The van der Waals surface area contributed by atoms with Gasteiger partial charge < -0.3 is 13.8 Å². The van der Waals surface area contributed by atoms with Gasteiger partial charge in [-0.25, -0.2) is 0 Å². The molecule has 0 radical (unpaired) electrons. The van der Waals surface area contributed by atoms with Gasteiger partial charge in [-0.15, -0.1) is 0 Å². The Bertz CT molecular complexity index is 786. The van der Waals surface area contributed by atoms with Crippen molar-refractivity contribution in [1.82, 2.24) is 0 Å². The van der Waals surface area contributed by atoms with E-state index in [1.165, 1.54) is 45.5 Å². The molecule has 1 aliphatic rings. The zero-order valence-corrected chi connectivity index (χ0v) is 17.3. The molecule has 1 saturated carbocycles. The molecule has 0 N–H and O–H groups in total. The third kappa shape index (κ3) is 4.82. The molecule has 4 nitrogen and oxygen atoms in total. The molecule has 0 aromatic heterocycles. The third-order valence-corrected chi connectivity index (χ3v) is 7.28. The third-order valence-electron chi connectivity index (χ3n) is 5.38. The van der Waals surface area contributed by atoms with Crippen LogP contribution in [0.3, 0.4) is 0 Å². The highest BCUT2D eigenvalue weighted by atomic mass is 31.2. The summed E-state index contributed by atoms with van der Waals surface area (Å²) in [6.45, 7) is 2.68. The van der Waals surface area contributed by atoms with Crippen LogP contribution in [-0.4, -0.2) is 20.8 Å². The minimum Gasteiger partial charge on any atom is -0.493 e. The van der Waals surface area contributed by atoms with E-state index in [2.05, 4.69) is 31.2 Å². The van der Waals surface area contributed by atoms with Crippen molar-refractivity contribution >= 4 is 12.9 Å². The van der Waals surface area contributed by atoms with Crippen molar-refractivity contribution < 1.29 is 18.3 Å². The van der Waals surface area contributed by atoms with E-state index in [1.807, 2.05) is 18.2 Å². The minimum absolute atomic E-state index is 0.483. The Morgan fingerprint density at radius 1 is 0.963 bits per heavy atom. The number of hydrogen-bond donors (Lipinski definition) is 0. The predicted molar refractivity (Wildman–Crippen MR) is 110 cm³/mol. The van der Waals surface area contributed by atoms with Gasteiger partial charge in [0.05, 0.1) is 6.61 Å². The van der Waals surface area contributed by atoms with E-state index in [9.17, 15) is 4.57 Å². The van der Waals surface area contributed by atoms with E-state index in [0.717, 1.165) is 23.5 Å². The van der Waals surface area contributed by atoms with Crippen LogP contribution in [0.15, 0.2) is 42.5 Å². The van der Waals surface area contributed by atoms with Crippen LogP contribution >= 0.6 is 7.60 Å². The number of hydrogen-bond acceptors (Lipinski definition) is 4. The average Bonchev–Trinajstić information content (AvgIpc) is 3.22. The van der Waals surface area contributed by atoms with Crippen molar-refractivity contribution in [2.45, 2.75) is 39.0 Å². The first-order valence-electron chi connectivity index (χ1n) is 9.61. The van der Waals surface area contributed by atoms with Gasteiger partial charge in [0.2, 0.25) is 0 Å². The normalized spacial score (nSPS) is 15.2. The van der Waals surface area contributed by atoms with Crippen LogP contribution in [0.25, 0.3) is 11.1 Å². The first-order valence-corrected chi connectivity index (χ1v) is 11.2. The van der Waals surface area contributed by atoms with Crippen molar-refractivity contribution in [3.63, 3.8) is 0 Å². The molecule has 146 valence electrons. The van der Waals surface area contributed by atoms with Gasteiger partial charge in [-0.3, -0.25) is 4.57 Å². The van der Waals surface area contributed by atoms with Gasteiger partial charge >= 0.3 is 7.60 Å². The van der Waals surface area contributed by atoms with Crippen LogP contribution < -0.4 is 10.0 Å². The molecule has 0 aliphatic heterocycles. The highest BCUT2D eigenvalue weighted by Gasteiger charge is 2.29. The van der Waals surface area contributed by atoms with Crippen LogP contribution in [0, 0.1) is 12.8 Å². The molecule has 2 aromatic rings. The Labute approximate surface area is 162 Å². The Morgan fingerprint density at radius 2 is 1.59 bits per heavy atom. The highest BCUT2D eigenvalue weighted by Crippen LogP contribution is 2.48. The second kappa shape index (κ2) is 9.05. The summed E-state index contributed by atoms with van der Waals surface area (Å²) in [6.07, 6.45) is 6.26. The van der Waals surface area contributed by atoms with E-state index in [0.29, 0.717) is 17.7 Å². The molecule has 0 amide bonds. The molecule has 0 saturated heterocycles. The Kier molecular flexibility index (Phi) is 6.75. The SMILES string of the molecule is COP(=O)(OC)c1cc(-c2ccc(C)cc2)ccc1OCCC1CCCC1. The molecule has 1 aliphatic carbocycles. The molecular formula is C22H29O4P. The monoisotopic (exact) mass is 388 g/mol. The molecule has 0 spiro atoms. The van der Waals surface area contributed by atoms with Crippen LogP contribution in [0.1, 0.15) is 37.7 Å². The van der Waals surface area contributed by atoms with Gasteiger partial charge in [0.25, 0.3) is 0 Å². The van der Waals surface area contributed by atoms with Gasteiger partial charge in [0.15, 0.2) is 0 Å². The fraction of sp³-hybridized carbons (Fsp3) is 0.455. The zero-order chi connectivity index (χ0) is 19.3. The van der Waals surface area contributed by atoms with Gasteiger partial charge in [0, 0.05) is 14.2 Å². The van der Waals surface area contributed by atoms with Crippen LogP contribution in [0.4, 0.5) is 0 Å². The van der Waals surface area contributed by atoms with E-state index in [1.54, 1.807) is 0 Å². The van der Waals surface area contributed by atoms with E-state index in [4.69, 9.17) is 13.8 Å². The zero-order valence-electron chi connectivity index (χ0n) is 16.4. The fourth-order valence-electron chi connectivity index (χ4n) is 3.68. The second-order valence-corrected chi connectivity index (χ2v) is 9.41. The van der Waals surface area contributed by atoms with Crippen molar-refractivity contribution in [2.24, 2.45) is 5.92 Å². The van der Waals surface area contributed by atoms with Gasteiger partial charge in [-0.1, -0.05) is 61.6 Å². The maximum Gasteiger partial charge on any atom is 0.364 e. The number of ether oxygens (including phenoxy) is 1. The minimum atomic E-state index is -3.42. The Morgan fingerprint density at radius 3 is 2.22 bits per heavy atom. The van der Waals surface area contributed by atoms with Crippen molar-refractivity contribution in [3.05, 3.63) is 48.0 Å². The Balaban J connectivity index is 1.87. The lowest BCUT2D eigenvalue weighted by atomic mass is 10.0. The molecular weight excluding hydrogens is 359 g/mol. The number of rotatable bonds is 8. The Hall–Kier alpha value is -1.61. The first-order chi connectivity index (χ1) is 13.1. The first kappa shape index (κ1) is 20.1. The van der Waals surface area contributed by atoms with Gasteiger partial charge in [0.1, 0.15) is 11.1 Å². The summed E-state index contributed by atoms with van der Waals surface area (Å²) in [5.41, 5.74) is 3.21. The summed E-state index contributed by atoms with van der Waals surface area (Å²) in [4.78, 5) is 0. The predicted octanol–water partition coefficient (Wildman–Crippen LogP) is 5.73. The molecule has 0 heterocycles. The van der Waals surface area contributed by atoms with Crippen molar-refractivity contribution in [1.29, 1.82) is 0 Å². The smallest absolute Gasteiger partial charge is 0.364 e. The summed E-state index contributed by atoms with van der Waals surface area (Å²) < 4.78 is 29.6. The largest absolute Gasteiger partial charge is 0.493 e. The van der Waals surface area contributed by atoms with Crippen LogP contribution in [0.2, 0.25) is 0 Å². The van der Waals surface area contributed by atoms with Gasteiger partial charge in [-0.2, -0.15) is 0 Å². The lowest BCUT2D eigenvalue weighted by Gasteiger charge is -2.19. The maximum absolute atomic E-state index is 13.1. The molecule has 0 bridgehead atoms. The average molecular weight is 388 g/mol. The quantitative estimate of drug-likeness (QED) is 0.542. The van der Waals surface area contributed by atoms with Crippen molar-refractivity contribution in [3.8, 4) is 16.9 Å². The fourth-order valence-corrected chi connectivity index (χ4v) is 4.93. The summed E-state index contributed by atoms with van der Waals surface area (Å²) >= 11 is 0. The number of aryl methyl sites for hydroxylation is 1. The molecule has 1 fully saturated rings. The standard InChI is InChI=1S/C22H29O4P/c1-17-8-10-19(11-9-17)20-12-13-21(22(16-20)27(23,24-2)25-3)26-15-14-18-6-4-5-7-18/h8-13,16,18H,4-7,14-15H2,1-3H3. The highest BCUT2D eigenvalue weighted by molar-refractivity contribution is 7.62. The lowest BCUT2D eigenvalue weighted by molar-refractivity contribution is 0.272. The molecule has 0 unspecified atom stereocenters. The molecule has 27 heavy (non-hydrogen) atoms. The van der Waals surface area contributed by atoms with Crippen molar-refractivity contribution in [2.75, 3.05) is 20.8 Å². The summed E-state index contributed by atoms with van der Waals surface area (Å²) in [5.74, 6) is 1.33. The topological polar surface area (TPSA) is 44.8 Å². The summed E-state index contributed by atoms with van der Waals surface area (Å²) in [5, 5.41) is 0.483. The molecule has 5 heteroatoms. The second-order valence-electron chi connectivity index (χ2n) is 7.20. The lowest BCUT2D eigenvalue weighted by Crippen LogP contribution is -2.14. The molecule has 2 aromatic carbocycles. The summed E-state index contributed by atoms with van der Waals surface area (Å²) in [7, 11) is -0.603. The molecule has 3 rings (SSSR count).